The summed E-state index contributed by atoms with van der Waals surface area (Å²) in [5.74, 6) is -1.15. The molecule has 26 heavy (non-hydrogen) atoms. The molecule has 0 saturated carbocycles. The molecule has 0 aliphatic carbocycles. The van der Waals surface area contributed by atoms with Crippen LogP contribution in [0.15, 0.2) is 36.7 Å². The Kier molecular flexibility index (Phi) is 6.33. The van der Waals surface area contributed by atoms with E-state index < -0.39 is 11.4 Å². The highest BCUT2D eigenvalue weighted by atomic mass is 35.5. The lowest BCUT2D eigenvalue weighted by atomic mass is 9.87. The average Bonchev–Trinajstić information content (AvgIpc) is 3.13. The van der Waals surface area contributed by atoms with Crippen molar-refractivity contribution in [2.24, 2.45) is 0 Å². The van der Waals surface area contributed by atoms with Crippen LogP contribution in [0.25, 0.3) is 0 Å². The summed E-state index contributed by atoms with van der Waals surface area (Å²) in [5, 5.41) is 12.7. The second-order valence-electron chi connectivity index (χ2n) is 6.06. The molecule has 9 heteroatoms. The number of nitrogens with one attached hydrogen (secondary N) is 3. The van der Waals surface area contributed by atoms with Gasteiger partial charge in [0, 0.05) is 25.0 Å². The van der Waals surface area contributed by atoms with Gasteiger partial charge in [-0.15, -0.1) is 12.4 Å². The molecule has 1 aromatic heterocycles. The summed E-state index contributed by atoms with van der Waals surface area (Å²) >= 11 is 0. The molecule has 1 aromatic carbocycles. The molecule has 7 nitrogen and oxygen atoms in total. The monoisotopic (exact) mass is 381 g/mol. The van der Waals surface area contributed by atoms with Gasteiger partial charge in [-0.05, 0) is 50.2 Å². The summed E-state index contributed by atoms with van der Waals surface area (Å²) in [6.07, 6.45) is 4.46. The van der Waals surface area contributed by atoms with Crippen molar-refractivity contribution in [3.05, 3.63) is 42.5 Å². The number of hydrogen-bond donors (Lipinski definition) is 3. The Bertz CT molecular complexity index is 775. The number of anilines is 2. The highest BCUT2D eigenvalue weighted by Crippen LogP contribution is 2.30. The van der Waals surface area contributed by atoms with Crippen molar-refractivity contribution in [2.75, 3.05) is 23.7 Å². The molecule has 140 valence electrons. The van der Waals surface area contributed by atoms with Gasteiger partial charge in [-0.25, -0.2) is 4.39 Å². The van der Waals surface area contributed by atoms with Gasteiger partial charge in [0.05, 0.1) is 5.69 Å². The van der Waals surface area contributed by atoms with Crippen LogP contribution < -0.4 is 16.0 Å². The minimum absolute atomic E-state index is 0. The van der Waals surface area contributed by atoms with E-state index in [0.717, 1.165) is 0 Å². The standard InChI is InChI=1S/C17H20FN5O2.ClH/c1-12(24)21-13-3-4-14(18)15(11-13)22-16(25)17(5-8-19-9-6-17)23-10-2-7-20-23;/h2-4,7,10-11,19H,5-6,8-9H2,1H3,(H,21,24)(H,22,25);1H. The first kappa shape index (κ1) is 19.9. The van der Waals surface area contributed by atoms with Crippen LogP contribution in [0, 0.1) is 5.82 Å². The highest BCUT2D eigenvalue weighted by Gasteiger charge is 2.42. The molecule has 3 rings (SSSR count). The maximum atomic E-state index is 14.1. The second kappa shape index (κ2) is 8.29. The Balaban J connectivity index is 0.00000243. The van der Waals surface area contributed by atoms with Crippen LogP contribution in [-0.4, -0.2) is 34.7 Å². The molecule has 1 aliphatic rings. The predicted molar refractivity (Wildman–Crippen MR) is 98.9 cm³/mol. The van der Waals surface area contributed by atoms with Gasteiger partial charge >= 0.3 is 0 Å². The largest absolute Gasteiger partial charge is 0.326 e. The number of carbonyl (C=O) groups excluding carboxylic acids is 2. The van der Waals surface area contributed by atoms with E-state index >= 15 is 0 Å². The van der Waals surface area contributed by atoms with Gasteiger partial charge < -0.3 is 16.0 Å². The molecule has 0 atom stereocenters. The molecule has 2 heterocycles. The van der Waals surface area contributed by atoms with Gasteiger partial charge in [0.15, 0.2) is 0 Å². The van der Waals surface area contributed by atoms with Gasteiger partial charge in [-0.2, -0.15) is 5.10 Å². The van der Waals surface area contributed by atoms with E-state index in [-0.39, 0.29) is 29.9 Å². The van der Waals surface area contributed by atoms with E-state index in [1.54, 1.807) is 23.1 Å². The van der Waals surface area contributed by atoms with E-state index in [9.17, 15) is 14.0 Å². The van der Waals surface area contributed by atoms with E-state index in [4.69, 9.17) is 0 Å². The van der Waals surface area contributed by atoms with Crippen LogP contribution in [0.1, 0.15) is 19.8 Å². The number of halogens is 2. The fourth-order valence-corrected chi connectivity index (χ4v) is 3.06. The number of piperidine rings is 1. The Labute approximate surface area is 156 Å². The molecule has 0 radical (unpaired) electrons. The molecule has 2 aromatic rings. The van der Waals surface area contributed by atoms with E-state index in [1.807, 2.05) is 0 Å². The van der Waals surface area contributed by atoms with Crippen LogP contribution in [0.3, 0.4) is 0 Å². The SMILES string of the molecule is CC(=O)Nc1ccc(F)c(NC(=O)C2(n3cccn3)CCNCC2)c1.Cl. The third-order valence-electron chi connectivity index (χ3n) is 4.33. The van der Waals surface area contributed by atoms with Crippen molar-refractivity contribution in [1.82, 2.24) is 15.1 Å². The average molecular weight is 382 g/mol. The minimum atomic E-state index is -0.870. The van der Waals surface area contributed by atoms with Crippen molar-refractivity contribution >= 4 is 35.6 Å². The van der Waals surface area contributed by atoms with Crippen molar-refractivity contribution in [3.8, 4) is 0 Å². The number of carbonyl (C=O) groups is 2. The Morgan fingerprint density at radius 2 is 2.00 bits per heavy atom. The first-order valence-electron chi connectivity index (χ1n) is 8.11. The molecular weight excluding hydrogens is 361 g/mol. The van der Waals surface area contributed by atoms with Crippen LogP contribution in [0.2, 0.25) is 0 Å². The quantitative estimate of drug-likeness (QED) is 0.757. The molecular formula is C17H21ClFN5O2. The minimum Gasteiger partial charge on any atom is -0.326 e. The number of aromatic nitrogens is 2. The number of rotatable bonds is 4. The molecule has 1 saturated heterocycles. The number of nitrogens with zero attached hydrogens (tertiary/aromatic N) is 2. The van der Waals surface area contributed by atoms with Crippen LogP contribution in [0.4, 0.5) is 15.8 Å². The maximum Gasteiger partial charge on any atom is 0.252 e. The summed E-state index contributed by atoms with van der Waals surface area (Å²) < 4.78 is 15.8. The molecule has 0 bridgehead atoms. The van der Waals surface area contributed by atoms with Crippen molar-refractivity contribution in [2.45, 2.75) is 25.3 Å². The zero-order valence-electron chi connectivity index (χ0n) is 14.3. The van der Waals surface area contributed by atoms with Crippen LogP contribution in [0.5, 0.6) is 0 Å². The lowest BCUT2D eigenvalue weighted by molar-refractivity contribution is -0.126. The van der Waals surface area contributed by atoms with Crippen molar-refractivity contribution in [1.29, 1.82) is 0 Å². The summed E-state index contributed by atoms with van der Waals surface area (Å²) in [5.41, 5.74) is -0.422. The first-order valence-corrected chi connectivity index (χ1v) is 8.11. The first-order chi connectivity index (χ1) is 12.0. The van der Waals surface area contributed by atoms with Crippen LogP contribution >= 0.6 is 12.4 Å². The summed E-state index contributed by atoms with van der Waals surface area (Å²) in [7, 11) is 0. The fourth-order valence-electron chi connectivity index (χ4n) is 3.06. The summed E-state index contributed by atoms with van der Waals surface area (Å²) in [6.45, 7) is 2.70. The molecule has 0 spiro atoms. The Hall–Kier alpha value is -2.45. The third kappa shape index (κ3) is 4.03. The predicted octanol–water partition coefficient (Wildman–Crippen LogP) is 2.12. The fraction of sp³-hybridized carbons (Fsp3) is 0.353. The van der Waals surface area contributed by atoms with E-state index in [2.05, 4.69) is 21.0 Å². The number of amides is 2. The van der Waals surface area contributed by atoms with Gasteiger partial charge in [0.25, 0.3) is 5.91 Å². The topological polar surface area (TPSA) is 88.1 Å². The molecule has 1 fully saturated rings. The highest BCUT2D eigenvalue weighted by molar-refractivity contribution is 5.98. The van der Waals surface area contributed by atoms with E-state index in [1.165, 1.54) is 25.1 Å². The number of hydrogen-bond acceptors (Lipinski definition) is 4. The van der Waals surface area contributed by atoms with Gasteiger partial charge in [-0.1, -0.05) is 0 Å². The van der Waals surface area contributed by atoms with Gasteiger partial charge in [-0.3, -0.25) is 14.3 Å². The Morgan fingerprint density at radius 1 is 1.27 bits per heavy atom. The van der Waals surface area contributed by atoms with Gasteiger partial charge in [0.1, 0.15) is 11.4 Å². The molecule has 3 N–H and O–H groups in total. The van der Waals surface area contributed by atoms with Crippen molar-refractivity contribution < 1.29 is 14.0 Å². The zero-order valence-corrected chi connectivity index (χ0v) is 15.1. The lowest BCUT2D eigenvalue weighted by Crippen LogP contribution is -2.52. The second-order valence-corrected chi connectivity index (χ2v) is 6.06. The number of benzene rings is 1. The smallest absolute Gasteiger partial charge is 0.252 e. The molecule has 1 aliphatic heterocycles. The zero-order chi connectivity index (χ0) is 17.9. The summed E-state index contributed by atoms with van der Waals surface area (Å²) in [6, 6.07) is 5.83. The Morgan fingerprint density at radius 3 is 2.62 bits per heavy atom. The lowest BCUT2D eigenvalue weighted by Gasteiger charge is -2.36. The van der Waals surface area contributed by atoms with Crippen molar-refractivity contribution in [3.63, 3.8) is 0 Å². The van der Waals surface area contributed by atoms with Crippen LogP contribution in [-0.2, 0) is 15.1 Å². The normalized spacial score (nSPS) is 15.6. The molecule has 2 amide bonds. The maximum absolute atomic E-state index is 14.1. The van der Waals surface area contributed by atoms with Gasteiger partial charge in [0.2, 0.25) is 5.91 Å². The summed E-state index contributed by atoms with van der Waals surface area (Å²) in [4.78, 5) is 24.2. The molecule has 0 unspecified atom stereocenters. The third-order valence-corrected chi connectivity index (χ3v) is 4.33. The van der Waals surface area contributed by atoms with E-state index in [0.29, 0.717) is 31.6 Å².